The summed E-state index contributed by atoms with van der Waals surface area (Å²) in [7, 11) is 4.79. The molecular weight excluding hydrogens is 416 g/mol. The molecule has 33 heavy (non-hydrogen) atoms. The number of fused-ring (bicyclic) bond motifs is 5. The lowest BCUT2D eigenvalue weighted by Crippen LogP contribution is -2.42. The van der Waals surface area contributed by atoms with Crippen LogP contribution in [0, 0.1) is 17.3 Å². The Hall–Kier alpha value is -2.95. The van der Waals surface area contributed by atoms with Gasteiger partial charge in [-0.1, -0.05) is 13.0 Å². The number of aromatic hydroxyl groups is 1. The fourth-order valence-corrected chi connectivity index (χ4v) is 6.75. The minimum absolute atomic E-state index is 0.288. The van der Waals surface area contributed by atoms with Gasteiger partial charge in [0.15, 0.2) is 17.3 Å². The van der Waals surface area contributed by atoms with E-state index < -0.39 is 0 Å². The van der Waals surface area contributed by atoms with Gasteiger partial charge in [-0.15, -0.1) is 0 Å². The molecule has 4 atom stereocenters. The van der Waals surface area contributed by atoms with Crippen LogP contribution in [-0.2, 0) is 11.2 Å². The zero-order valence-corrected chi connectivity index (χ0v) is 19.8. The molecule has 2 aromatic carbocycles. The van der Waals surface area contributed by atoms with Crippen molar-refractivity contribution in [3.05, 3.63) is 52.6 Å². The first-order valence-corrected chi connectivity index (χ1v) is 11.8. The molecule has 0 heterocycles. The molecule has 0 aliphatic heterocycles. The van der Waals surface area contributed by atoms with Gasteiger partial charge in [-0.3, -0.25) is 4.79 Å². The summed E-state index contributed by atoms with van der Waals surface area (Å²) in [6.45, 7) is 2.18. The lowest BCUT2D eigenvalue weighted by molar-refractivity contribution is -0.127. The maximum Gasteiger partial charge on any atom is 0.203 e. The van der Waals surface area contributed by atoms with Crippen LogP contribution in [0.4, 0.5) is 0 Å². The monoisotopic (exact) mass is 448 g/mol. The van der Waals surface area contributed by atoms with Crippen LogP contribution in [0.1, 0.15) is 55.2 Å². The first-order valence-electron chi connectivity index (χ1n) is 11.8. The van der Waals surface area contributed by atoms with Crippen LogP contribution in [0.25, 0.3) is 6.08 Å². The highest BCUT2D eigenvalue weighted by Crippen LogP contribution is 2.61. The van der Waals surface area contributed by atoms with E-state index in [0.29, 0.717) is 40.8 Å². The van der Waals surface area contributed by atoms with Crippen LogP contribution in [0.2, 0.25) is 0 Å². The molecular formula is C28H32O5. The highest BCUT2D eigenvalue weighted by Gasteiger charge is 2.56. The number of ketones is 1. The number of Topliss-reactive ketones (excluding diaryl/α,β-unsaturated/α-hetero) is 1. The van der Waals surface area contributed by atoms with E-state index in [1.54, 1.807) is 21.3 Å². The molecule has 3 aliphatic rings. The smallest absolute Gasteiger partial charge is 0.203 e. The zero-order chi connectivity index (χ0) is 23.3. The molecule has 0 spiro atoms. The van der Waals surface area contributed by atoms with Gasteiger partial charge < -0.3 is 19.3 Å². The van der Waals surface area contributed by atoms with Gasteiger partial charge in [-0.25, -0.2) is 0 Å². The third kappa shape index (κ3) is 3.40. The van der Waals surface area contributed by atoms with Crippen LogP contribution in [0.15, 0.2) is 35.9 Å². The molecule has 0 radical (unpaired) electrons. The van der Waals surface area contributed by atoms with Gasteiger partial charge in [-0.05, 0) is 102 Å². The molecule has 0 bridgehead atoms. The minimum Gasteiger partial charge on any atom is -0.508 e. The van der Waals surface area contributed by atoms with Gasteiger partial charge in [0.25, 0.3) is 0 Å². The Balaban J connectivity index is 1.49. The van der Waals surface area contributed by atoms with Crippen LogP contribution in [0.5, 0.6) is 23.0 Å². The van der Waals surface area contributed by atoms with Gasteiger partial charge in [0.2, 0.25) is 5.75 Å². The quantitative estimate of drug-likeness (QED) is 0.623. The molecule has 3 unspecified atom stereocenters. The topological polar surface area (TPSA) is 65.0 Å². The first-order chi connectivity index (χ1) is 15.9. The SMILES string of the molecule is COc1cc(/C=C2\CC3C4CCc5cc(O)ccc5C4CC[C@]3(C)C2=O)cc(OC)c1OC. The lowest BCUT2D eigenvalue weighted by atomic mass is 9.55. The molecule has 5 rings (SSSR count). The molecule has 2 fully saturated rings. The van der Waals surface area contributed by atoms with Crippen molar-refractivity contribution >= 4 is 11.9 Å². The number of phenolic OH excluding ortho intramolecular Hbond substituents is 1. The Morgan fingerprint density at radius 1 is 1.03 bits per heavy atom. The molecule has 2 aromatic rings. The summed E-state index contributed by atoms with van der Waals surface area (Å²) in [6.07, 6.45) is 6.80. The fourth-order valence-electron chi connectivity index (χ4n) is 6.75. The lowest BCUT2D eigenvalue weighted by Gasteiger charge is -2.48. The second-order valence-electron chi connectivity index (χ2n) is 9.92. The standard InChI is InChI=1S/C28H32O5/c1-28-10-9-21-20-8-6-19(29)14-17(20)5-7-22(21)23(28)15-18(27(28)30)11-16-12-24(31-2)26(33-4)25(13-16)32-3/h6,8,11-14,21-23,29H,5,7,9-10,15H2,1-4H3/b18-11+/t21?,22?,23?,28-/m0/s1. The molecule has 2 saturated carbocycles. The Bertz CT molecular complexity index is 1110. The van der Waals surface area contributed by atoms with Crippen molar-refractivity contribution in [3.8, 4) is 23.0 Å². The number of benzene rings is 2. The van der Waals surface area contributed by atoms with Crippen LogP contribution >= 0.6 is 0 Å². The predicted octanol–water partition coefficient (Wildman–Crippen LogP) is 5.54. The van der Waals surface area contributed by atoms with E-state index in [1.807, 2.05) is 30.3 Å². The molecule has 5 nitrogen and oxygen atoms in total. The van der Waals surface area contributed by atoms with E-state index in [9.17, 15) is 9.90 Å². The predicted molar refractivity (Wildman–Crippen MR) is 127 cm³/mol. The van der Waals surface area contributed by atoms with E-state index in [-0.39, 0.29) is 11.2 Å². The second kappa shape index (κ2) is 8.12. The van der Waals surface area contributed by atoms with Crippen molar-refractivity contribution < 1.29 is 24.1 Å². The van der Waals surface area contributed by atoms with E-state index in [2.05, 4.69) is 13.0 Å². The van der Waals surface area contributed by atoms with Gasteiger partial charge in [0.1, 0.15) is 5.75 Å². The largest absolute Gasteiger partial charge is 0.508 e. The Morgan fingerprint density at radius 2 is 1.76 bits per heavy atom. The van der Waals surface area contributed by atoms with Crippen molar-refractivity contribution in [2.75, 3.05) is 21.3 Å². The van der Waals surface area contributed by atoms with Gasteiger partial charge >= 0.3 is 0 Å². The number of carbonyl (C=O) groups excluding carboxylic acids is 1. The van der Waals surface area contributed by atoms with Crippen molar-refractivity contribution in [2.45, 2.75) is 44.9 Å². The van der Waals surface area contributed by atoms with Gasteiger partial charge in [-0.2, -0.15) is 0 Å². The number of allylic oxidation sites excluding steroid dienone is 1. The molecule has 174 valence electrons. The second-order valence-corrected chi connectivity index (χ2v) is 9.92. The number of hydrogen-bond donors (Lipinski definition) is 1. The maximum absolute atomic E-state index is 13.7. The third-order valence-corrected chi connectivity index (χ3v) is 8.38. The summed E-state index contributed by atoms with van der Waals surface area (Å²) in [5.74, 6) is 3.68. The number of phenols is 1. The van der Waals surface area contributed by atoms with E-state index in [1.165, 1.54) is 11.1 Å². The van der Waals surface area contributed by atoms with Crippen molar-refractivity contribution in [2.24, 2.45) is 17.3 Å². The number of hydrogen-bond acceptors (Lipinski definition) is 5. The number of carbonyl (C=O) groups is 1. The summed E-state index contributed by atoms with van der Waals surface area (Å²) < 4.78 is 16.4. The Kier molecular flexibility index (Phi) is 5.38. The molecule has 1 N–H and O–H groups in total. The Labute approximate surface area is 195 Å². The number of ether oxygens (including phenoxy) is 3. The van der Waals surface area contributed by atoms with Crippen LogP contribution in [0.3, 0.4) is 0 Å². The van der Waals surface area contributed by atoms with Crippen molar-refractivity contribution in [1.29, 1.82) is 0 Å². The highest BCUT2D eigenvalue weighted by atomic mass is 16.5. The first kappa shape index (κ1) is 21.9. The number of rotatable bonds is 4. The molecule has 3 aliphatic carbocycles. The van der Waals surface area contributed by atoms with Gasteiger partial charge in [0.05, 0.1) is 21.3 Å². The maximum atomic E-state index is 13.7. The number of aryl methyl sites for hydroxylation is 1. The van der Waals surface area contributed by atoms with E-state index in [0.717, 1.165) is 43.2 Å². The summed E-state index contributed by atoms with van der Waals surface area (Å²) >= 11 is 0. The van der Waals surface area contributed by atoms with Crippen LogP contribution in [-0.4, -0.2) is 32.2 Å². The normalized spacial score (nSPS) is 29.3. The van der Waals surface area contributed by atoms with Crippen molar-refractivity contribution in [3.63, 3.8) is 0 Å². The third-order valence-electron chi connectivity index (χ3n) is 8.38. The minimum atomic E-state index is -0.304. The fraction of sp³-hybridized carbons (Fsp3) is 0.464. The highest BCUT2D eigenvalue weighted by molar-refractivity contribution is 6.06. The van der Waals surface area contributed by atoms with E-state index >= 15 is 0 Å². The summed E-state index contributed by atoms with van der Waals surface area (Å²) in [5.41, 5.74) is 4.13. The van der Waals surface area contributed by atoms with Gasteiger partial charge in [0, 0.05) is 5.41 Å². The van der Waals surface area contributed by atoms with E-state index in [4.69, 9.17) is 14.2 Å². The zero-order valence-electron chi connectivity index (χ0n) is 19.8. The Morgan fingerprint density at radius 3 is 2.42 bits per heavy atom. The molecule has 0 amide bonds. The number of methoxy groups -OCH3 is 3. The molecule has 0 saturated heterocycles. The molecule has 5 heteroatoms. The molecule has 0 aromatic heterocycles. The summed E-state index contributed by atoms with van der Waals surface area (Å²) in [6, 6.07) is 9.64. The average Bonchev–Trinajstić information content (AvgIpc) is 3.08. The summed E-state index contributed by atoms with van der Waals surface area (Å²) in [4.78, 5) is 13.7. The van der Waals surface area contributed by atoms with Crippen molar-refractivity contribution in [1.82, 2.24) is 0 Å². The van der Waals surface area contributed by atoms with Crippen LogP contribution < -0.4 is 14.2 Å². The summed E-state index contributed by atoms with van der Waals surface area (Å²) in [5, 5.41) is 9.91. The average molecular weight is 449 g/mol.